The van der Waals surface area contributed by atoms with E-state index in [0.29, 0.717) is 25.3 Å². The first kappa shape index (κ1) is 15.6. The van der Waals surface area contributed by atoms with E-state index >= 15 is 0 Å². The summed E-state index contributed by atoms with van der Waals surface area (Å²) >= 11 is 0. The highest BCUT2D eigenvalue weighted by atomic mass is 32.2. The maximum Gasteiger partial charge on any atom is 0.167 e. The Morgan fingerprint density at radius 2 is 2.11 bits per heavy atom. The van der Waals surface area contributed by atoms with Gasteiger partial charge in [0.05, 0.1) is 23.7 Å². The summed E-state index contributed by atoms with van der Waals surface area (Å²) in [7, 11) is -2.97. The molecule has 0 bridgehead atoms. The molecule has 108 valence electrons. The van der Waals surface area contributed by atoms with Crippen LogP contribution < -0.4 is 15.8 Å². The van der Waals surface area contributed by atoms with Gasteiger partial charge in [-0.2, -0.15) is 0 Å². The van der Waals surface area contributed by atoms with Gasteiger partial charge >= 0.3 is 0 Å². The van der Waals surface area contributed by atoms with E-state index in [-0.39, 0.29) is 17.2 Å². The SMILES string of the molecule is CCOc1cc(NCCCS(C)(=O)=O)c(N)cc1F. The van der Waals surface area contributed by atoms with Gasteiger partial charge in [-0.3, -0.25) is 0 Å². The maximum absolute atomic E-state index is 13.4. The molecule has 0 aromatic heterocycles. The monoisotopic (exact) mass is 290 g/mol. The van der Waals surface area contributed by atoms with Crippen molar-refractivity contribution >= 4 is 21.2 Å². The van der Waals surface area contributed by atoms with Crippen LogP contribution in [0.25, 0.3) is 0 Å². The number of hydrogen-bond donors (Lipinski definition) is 2. The second kappa shape index (κ2) is 6.60. The van der Waals surface area contributed by atoms with E-state index in [1.807, 2.05) is 0 Å². The van der Waals surface area contributed by atoms with E-state index in [1.165, 1.54) is 18.4 Å². The number of hydrogen-bond acceptors (Lipinski definition) is 5. The minimum atomic E-state index is -2.97. The van der Waals surface area contributed by atoms with E-state index < -0.39 is 15.7 Å². The summed E-state index contributed by atoms with van der Waals surface area (Å²) in [6.07, 6.45) is 1.64. The Morgan fingerprint density at radius 3 is 2.68 bits per heavy atom. The van der Waals surface area contributed by atoms with Crippen molar-refractivity contribution in [3.63, 3.8) is 0 Å². The predicted molar refractivity (Wildman–Crippen MR) is 74.8 cm³/mol. The first-order valence-electron chi connectivity index (χ1n) is 5.97. The zero-order chi connectivity index (χ0) is 14.5. The van der Waals surface area contributed by atoms with Gasteiger partial charge in [-0.1, -0.05) is 0 Å². The van der Waals surface area contributed by atoms with E-state index in [0.717, 1.165) is 0 Å². The molecule has 0 aliphatic carbocycles. The molecule has 0 amide bonds. The number of ether oxygens (including phenoxy) is 1. The average Bonchev–Trinajstić information content (AvgIpc) is 2.28. The lowest BCUT2D eigenvalue weighted by molar-refractivity contribution is 0.322. The summed E-state index contributed by atoms with van der Waals surface area (Å²) in [5.74, 6) is -0.289. The number of nitrogens with two attached hydrogens (primary N) is 1. The van der Waals surface area contributed by atoms with E-state index in [9.17, 15) is 12.8 Å². The van der Waals surface area contributed by atoms with Crippen molar-refractivity contribution in [1.29, 1.82) is 0 Å². The molecule has 1 rings (SSSR count). The standard InChI is InChI=1S/C12H19FN2O3S/c1-3-18-12-8-11(10(14)7-9(12)13)15-5-4-6-19(2,16)17/h7-8,15H,3-6,14H2,1-2H3. The fraction of sp³-hybridized carbons (Fsp3) is 0.500. The number of benzene rings is 1. The molecule has 0 heterocycles. The van der Waals surface area contributed by atoms with E-state index in [1.54, 1.807) is 6.92 Å². The Bertz CT molecular complexity index is 532. The van der Waals surface area contributed by atoms with Crippen molar-refractivity contribution in [2.45, 2.75) is 13.3 Å². The third-order valence-electron chi connectivity index (χ3n) is 2.41. The zero-order valence-corrected chi connectivity index (χ0v) is 11.9. The summed E-state index contributed by atoms with van der Waals surface area (Å²) in [6, 6.07) is 2.67. The zero-order valence-electron chi connectivity index (χ0n) is 11.1. The van der Waals surface area contributed by atoms with Crippen molar-refractivity contribution in [3.8, 4) is 5.75 Å². The highest BCUT2D eigenvalue weighted by Gasteiger charge is 2.09. The van der Waals surface area contributed by atoms with Crippen molar-refractivity contribution in [2.75, 3.05) is 36.2 Å². The van der Waals surface area contributed by atoms with Gasteiger partial charge in [-0.05, 0) is 13.3 Å². The van der Waals surface area contributed by atoms with Gasteiger partial charge < -0.3 is 15.8 Å². The van der Waals surface area contributed by atoms with Gasteiger partial charge in [0.15, 0.2) is 11.6 Å². The molecule has 7 heteroatoms. The molecule has 19 heavy (non-hydrogen) atoms. The van der Waals surface area contributed by atoms with Crippen LogP contribution in [-0.4, -0.2) is 33.6 Å². The Morgan fingerprint density at radius 1 is 1.42 bits per heavy atom. The number of nitrogens with one attached hydrogen (secondary N) is 1. The molecule has 0 saturated carbocycles. The number of rotatable bonds is 7. The highest BCUT2D eigenvalue weighted by Crippen LogP contribution is 2.28. The maximum atomic E-state index is 13.4. The molecule has 3 N–H and O–H groups in total. The Labute approximate surface area is 112 Å². The van der Waals surface area contributed by atoms with Gasteiger partial charge in [0.1, 0.15) is 9.84 Å². The highest BCUT2D eigenvalue weighted by molar-refractivity contribution is 7.90. The van der Waals surface area contributed by atoms with Crippen molar-refractivity contribution < 1.29 is 17.5 Å². The second-order valence-corrected chi connectivity index (χ2v) is 6.47. The Hall–Kier alpha value is -1.50. The van der Waals surface area contributed by atoms with Gasteiger partial charge in [0.25, 0.3) is 0 Å². The van der Waals surface area contributed by atoms with Crippen LogP contribution in [0.2, 0.25) is 0 Å². The number of nitrogen functional groups attached to an aromatic ring is 1. The lowest BCUT2D eigenvalue weighted by Gasteiger charge is -2.12. The number of anilines is 2. The van der Waals surface area contributed by atoms with Crippen molar-refractivity contribution in [1.82, 2.24) is 0 Å². The minimum absolute atomic E-state index is 0.0966. The van der Waals surface area contributed by atoms with Gasteiger partial charge in [-0.15, -0.1) is 0 Å². The summed E-state index contributed by atoms with van der Waals surface area (Å²) in [5.41, 5.74) is 6.48. The van der Waals surface area contributed by atoms with E-state index in [4.69, 9.17) is 10.5 Å². The van der Waals surface area contributed by atoms with E-state index in [2.05, 4.69) is 5.32 Å². The van der Waals surface area contributed by atoms with Crippen LogP contribution in [0.15, 0.2) is 12.1 Å². The molecule has 0 fully saturated rings. The van der Waals surface area contributed by atoms with Gasteiger partial charge in [-0.25, -0.2) is 12.8 Å². The molecule has 0 aliphatic rings. The fourth-order valence-corrected chi connectivity index (χ4v) is 2.21. The lowest BCUT2D eigenvalue weighted by atomic mass is 10.2. The molecule has 0 aliphatic heterocycles. The quantitative estimate of drug-likeness (QED) is 0.589. The molecule has 0 spiro atoms. The van der Waals surface area contributed by atoms with Crippen molar-refractivity contribution in [3.05, 3.63) is 17.9 Å². The van der Waals surface area contributed by atoms with Crippen LogP contribution in [0.4, 0.5) is 15.8 Å². The summed E-state index contributed by atoms with van der Waals surface area (Å²) in [5, 5.41) is 2.98. The third kappa shape index (κ3) is 5.34. The third-order valence-corrected chi connectivity index (χ3v) is 3.44. The first-order chi connectivity index (χ1) is 8.83. The molecule has 1 aromatic rings. The van der Waals surface area contributed by atoms with Crippen LogP contribution in [0, 0.1) is 5.82 Å². The minimum Gasteiger partial charge on any atom is -0.491 e. The molecular formula is C12H19FN2O3S. The molecule has 1 aromatic carbocycles. The smallest absolute Gasteiger partial charge is 0.167 e. The first-order valence-corrected chi connectivity index (χ1v) is 8.03. The fourth-order valence-electron chi connectivity index (χ4n) is 1.55. The molecule has 0 radical (unpaired) electrons. The largest absolute Gasteiger partial charge is 0.491 e. The van der Waals surface area contributed by atoms with Gasteiger partial charge in [0, 0.05) is 24.9 Å². The number of sulfone groups is 1. The average molecular weight is 290 g/mol. The topological polar surface area (TPSA) is 81.4 Å². The number of halogens is 1. The lowest BCUT2D eigenvalue weighted by Crippen LogP contribution is -2.11. The molecule has 0 atom stereocenters. The Kier molecular flexibility index (Phi) is 5.41. The summed E-state index contributed by atoms with van der Waals surface area (Å²) in [4.78, 5) is 0. The molecule has 0 saturated heterocycles. The molecule has 0 unspecified atom stereocenters. The molecule has 5 nitrogen and oxygen atoms in total. The van der Waals surface area contributed by atoms with Gasteiger partial charge in [0.2, 0.25) is 0 Å². The Balaban J connectivity index is 2.65. The summed E-state index contributed by atoms with van der Waals surface area (Å²) < 4.78 is 40.5. The summed E-state index contributed by atoms with van der Waals surface area (Å²) in [6.45, 7) is 2.55. The van der Waals surface area contributed by atoms with Crippen LogP contribution in [0.1, 0.15) is 13.3 Å². The predicted octanol–water partition coefficient (Wildman–Crippen LogP) is 1.65. The van der Waals surface area contributed by atoms with Crippen molar-refractivity contribution in [2.24, 2.45) is 0 Å². The second-order valence-electron chi connectivity index (χ2n) is 4.21. The normalized spacial score (nSPS) is 11.3. The van der Waals surface area contributed by atoms with Crippen LogP contribution >= 0.6 is 0 Å². The van der Waals surface area contributed by atoms with Crippen LogP contribution in [0.3, 0.4) is 0 Å². The van der Waals surface area contributed by atoms with Crippen LogP contribution in [-0.2, 0) is 9.84 Å². The molecular weight excluding hydrogens is 271 g/mol. The van der Waals surface area contributed by atoms with Crippen LogP contribution in [0.5, 0.6) is 5.75 Å².